The number of hydrogen-bond acceptors (Lipinski definition) is 8. The van der Waals surface area contributed by atoms with E-state index >= 15 is 0 Å². The number of nitrogens with one attached hydrogen (secondary N) is 2. The first kappa shape index (κ1) is 27.0. The molecule has 0 spiro atoms. The van der Waals surface area contributed by atoms with E-state index in [0.29, 0.717) is 29.4 Å². The lowest BCUT2D eigenvalue weighted by Crippen LogP contribution is -2.30. The van der Waals surface area contributed by atoms with E-state index in [1.807, 2.05) is 25.1 Å². The van der Waals surface area contributed by atoms with Crippen molar-refractivity contribution in [3.63, 3.8) is 0 Å². The number of urea groups is 1. The number of nitrogens with zero attached hydrogens (tertiary/aromatic N) is 1. The second-order valence-corrected chi connectivity index (χ2v) is 8.43. The van der Waals surface area contributed by atoms with Gasteiger partial charge in [-0.25, -0.2) is 9.59 Å². The van der Waals surface area contributed by atoms with Gasteiger partial charge in [0.05, 0.1) is 20.3 Å². The van der Waals surface area contributed by atoms with Gasteiger partial charge >= 0.3 is 12.0 Å². The Kier molecular flexibility index (Phi) is 8.30. The summed E-state index contributed by atoms with van der Waals surface area (Å²) in [7, 11) is 1.22. The second-order valence-electron chi connectivity index (χ2n) is 8.43. The molecule has 1 aromatic heterocycles. The second kappa shape index (κ2) is 12.0. The quantitative estimate of drug-likeness (QED) is 0.228. The van der Waals surface area contributed by atoms with Gasteiger partial charge in [-0.1, -0.05) is 24.3 Å². The van der Waals surface area contributed by atoms with Gasteiger partial charge in [-0.05, 0) is 61.4 Å². The Bertz CT molecular complexity index is 1440. The Hall–Kier alpha value is -5.06. The molecule has 0 bridgehead atoms. The maximum absolute atomic E-state index is 12.9. The van der Waals surface area contributed by atoms with E-state index < -0.39 is 17.9 Å². The van der Waals surface area contributed by atoms with Gasteiger partial charge in [0.15, 0.2) is 18.1 Å². The Morgan fingerprint density at radius 2 is 1.85 bits per heavy atom. The molecular formula is C28H27N3O8. The molecule has 4 rings (SSSR count). The molecule has 0 unspecified atom stereocenters. The van der Waals surface area contributed by atoms with Crippen LogP contribution in [0.5, 0.6) is 11.5 Å². The number of ether oxygens (including phenoxy) is 3. The molecule has 3 aromatic rings. The predicted octanol–water partition coefficient (Wildman–Crippen LogP) is 3.88. The number of anilines is 1. The van der Waals surface area contributed by atoms with E-state index in [9.17, 15) is 19.2 Å². The summed E-state index contributed by atoms with van der Waals surface area (Å²) in [6, 6.07) is 14.6. The molecule has 2 heterocycles. The minimum Gasteiger partial charge on any atom is -0.490 e. The average molecular weight is 534 g/mol. The van der Waals surface area contributed by atoms with Gasteiger partial charge in [0, 0.05) is 5.69 Å². The number of rotatable bonds is 10. The molecule has 2 N–H and O–H groups in total. The zero-order valence-corrected chi connectivity index (χ0v) is 21.6. The molecule has 4 amide bonds. The molecule has 11 nitrogen and oxygen atoms in total. The number of aryl methyl sites for hydroxylation is 1. The highest BCUT2D eigenvalue weighted by Gasteiger charge is 2.34. The predicted molar refractivity (Wildman–Crippen MR) is 140 cm³/mol. The van der Waals surface area contributed by atoms with Crippen LogP contribution in [-0.4, -0.2) is 49.0 Å². The molecule has 39 heavy (non-hydrogen) atoms. The number of carbonyl (C=O) groups is 4. The number of hydrogen-bond donors (Lipinski definition) is 2. The summed E-state index contributed by atoms with van der Waals surface area (Å²) >= 11 is 0. The lowest BCUT2D eigenvalue weighted by molar-refractivity contribution is -0.123. The molecule has 1 fully saturated rings. The number of imide groups is 1. The molecule has 0 saturated carbocycles. The number of methoxy groups -OCH3 is 1. The topological polar surface area (TPSA) is 136 Å². The zero-order valence-electron chi connectivity index (χ0n) is 21.6. The number of esters is 1. The van der Waals surface area contributed by atoms with Crippen LogP contribution < -0.4 is 20.1 Å². The average Bonchev–Trinajstić information content (AvgIpc) is 3.49. The van der Waals surface area contributed by atoms with Gasteiger partial charge in [-0.15, -0.1) is 0 Å². The van der Waals surface area contributed by atoms with Crippen LogP contribution in [0.15, 0.2) is 64.7 Å². The molecule has 1 saturated heterocycles. The lowest BCUT2D eigenvalue weighted by Gasteiger charge is -2.13. The SMILES string of the molecule is CCOc1cc(/C=C2\NC(=O)N(Cc3ccc(C(=O)OC)o3)C2=O)ccc1OCC(=O)Nc1ccccc1C. The van der Waals surface area contributed by atoms with Gasteiger partial charge in [-0.3, -0.25) is 14.5 Å². The van der Waals surface area contributed by atoms with Gasteiger partial charge in [-0.2, -0.15) is 0 Å². The molecule has 0 atom stereocenters. The van der Waals surface area contributed by atoms with Crippen molar-refractivity contribution in [3.8, 4) is 11.5 Å². The summed E-state index contributed by atoms with van der Waals surface area (Å²) in [5.41, 5.74) is 2.24. The van der Waals surface area contributed by atoms with Crippen molar-refractivity contribution in [2.45, 2.75) is 20.4 Å². The van der Waals surface area contributed by atoms with Crippen LogP contribution >= 0.6 is 0 Å². The van der Waals surface area contributed by atoms with E-state index in [2.05, 4.69) is 15.4 Å². The van der Waals surface area contributed by atoms with E-state index in [0.717, 1.165) is 10.5 Å². The van der Waals surface area contributed by atoms with Crippen molar-refractivity contribution in [1.29, 1.82) is 0 Å². The first-order valence-electron chi connectivity index (χ1n) is 12.1. The summed E-state index contributed by atoms with van der Waals surface area (Å²) in [5.74, 6) is -0.629. The largest absolute Gasteiger partial charge is 0.490 e. The molecule has 1 aliphatic heterocycles. The maximum atomic E-state index is 12.9. The van der Waals surface area contributed by atoms with Crippen LogP contribution in [0.25, 0.3) is 6.08 Å². The Labute approximate surface area is 224 Å². The Morgan fingerprint density at radius 3 is 2.59 bits per heavy atom. The lowest BCUT2D eigenvalue weighted by atomic mass is 10.1. The van der Waals surface area contributed by atoms with E-state index in [1.54, 1.807) is 31.2 Å². The highest BCUT2D eigenvalue weighted by atomic mass is 16.5. The smallest absolute Gasteiger partial charge is 0.373 e. The molecule has 2 aromatic carbocycles. The van der Waals surface area contributed by atoms with E-state index in [4.69, 9.17) is 13.9 Å². The van der Waals surface area contributed by atoms with Crippen LogP contribution in [0.1, 0.15) is 34.4 Å². The molecule has 0 aliphatic carbocycles. The summed E-state index contributed by atoms with van der Waals surface area (Å²) in [5, 5.41) is 5.34. The van der Waals surface area contributed by atoms with Crippen molar-refractivity contribution < 1.29 is 37.8 Å². The van der Waals surface area contributed by atoms with Gasteiger partial charge in [0.1, 0.15) is 11.5 Å². The molecular weight excluding hydrogens is 506 g/mol. The highest BCUT2D eigenvalue weighted by Crippen LogP contribution is 2.30. The molecule has 202 valence electrons. The minimum absolute atomic E-state index is 0.0336. The van der Waals surface area contributed by atoms with E-state index in [1.165, 1.54) is 25.3 Å². The third-order valence-electron chi connectivity index (χ3n) is 5.68. The third-order valence-corrected chi connectivity index (χ3v) is 5.68. The van der Waals surface area contributed by atoms with Gasteiger partial charge < -0.3 is 29.3 Å². The first-order valence-corrected chi connectivity index (χ1v) is 12.1. The van der Waals surface area contributed by atoms with Crippen LogP contribution in [-0.2, 0) is 20.9 Å². The fraction of sp³-hybridized carbons (Fsp3) is 0.214. The number of para-hydroxylation sites is 1. The monoisotopic (exact) mass is 533 g/mol. The number of amides is 4. The van der Waals surface area contributed by atoms with Crippen molar-refractivity contribution in [2.75, 3.05) is 25.6 Å². The minimum atomic E-state index is -0.663. The fourth-order valence-corrected chi connectivity index (χ4v) is 3.76. The van der Waals surface area contributed by atoms with Crippen LogP contribution in [0.2, 0.25) is 0 Å². The van der Waals surface area contributed by atoms with Crippen molar-refractivity contribution in [2.24, 2.45) is 0 Å². The summed E-state index contributed by atoms with van der Waals surface area (Å²) < 4.78 is 21.3. The number of furan rings is 1. The van der Waals surface area contributed by atoms with Crippen LogP contribution in [0.4, 0.5) is 10.5 Å². The van der Waals surface area contributed by atoms with Crippen molar-refractivity contribution in [3.05, 3.63) is 82.9 Å². The standard InChI is InChI=1S/C28H27N3O8/c1-4-37-24-14-18(9-11-22(24)38-16-25(32)29-20-8-6-5-7-17(20)2)13-21-26(33)31(28(35)30-21)15-19-10-12-23(39-19)27(34)36-3/h5-14H,4,15-16H2,1-3H3,(H,29,32)(H,30,35)/b21-13-. The third kappa shape index (κ3) is 6.45. The number of benzene rings is 2. The number of carbonyl (C=O) groups excluding carboxylic acids is 4. The normalized spacial score (nSPS) is 13.8. The Balaban J connectivity index is 1.44. The fourth-order valence-electron chi connectivity index (χ4n) is 3.76. The maximum Gasteiger partial charge on any atom is 0.373 e. The van der Waals surface area contributed by atoms with Crippen molar-refractivity contribution >= 4 is 35.6 Å². The van der Waals surface area contributed by atoms with Gasteiger partial charge in [0.25, 0.3) is 11.8 Å². The van der Waals surface area contributed by atoms with Crippen LogP contribution in [0.3, 0.4) is 0 Å². The molecule has 0 radical (unpaired) electrons. The first-order chi connectivity index (χ1) is 18.8. The molecule has 1 aliphatic rings. The summed E-state index contributed by atoms with van der Waals surface area (Å²) in [6.45, 7) is 3.64. The van der Waals surface area contributed by atoms with Gasteiger partial charge in [0.2, 0.25) is 5.76 Å². The summed E-state index contributed by atoms with van der Waals surface area (Å²) in [6.07, 6.45) is 1.50. The Morgan fingerprint density at radius 1 is 1.05 bits per heavy atom. The summed E-state index contributed by atoms with van der Waals surface area (Å²) in [4.78, 5) is 50.3. The van der Waals surface area contributed by atoms with Crippen LogP contribution in [0, 0.1) is 6.92 Å². The van der Waals surface area contributed by atoms with Crippen molar-refractivity contribution in [1.82, 2.24) is 10.2 Å². The molecule has 11 heteroatoms. The zero-order chi connectivity index (χ0) is 27.9. The highest BCUT2D eigenvalue weighted by molar-refractivity contribution is 6.13. The van der Waals surface area contributed by atoms with E-state index in [-0.39, 0.29) is 36.3 Å².